The van der Waals surface area contributed by atoms with E-state index in [2.05, 4.69) is 4.83 Å². The number of carboxylic acids is 1. The number of benzene rings is 2. The number of likely N-dealkylation sites (N-methyl/N-ethyl adjacent to an activating group) is 1. The van der Waals surface area contributed by atoms with E-state index in [9.17, 15) is 27.9 Å². The average Bonchev–Trinajstić information content (AvgIpc) is 2.87. The SMILES string of the molecule is Cc1ccc(S(=O)(=O)NN(C)C(CC=N)[C@H]2C(=O)N(CC(=O)O)C=CN2C(=O)OCc2ccccc2)cc1. The molecule has 0 radical (unpaired) electrons. The van der Waals surface area contributed by atoms with Crippen LogP contribution in [0.3, 0.4) is 0 Å². The van der Waals surface area contributed by atoms with Gasteiger partial charge in [0, 0.05) is 25.9 Å². The molecule has 3 N–H and O–H groups in total. The third-order valence-electron chi connectivity index (χ3n) is 5.78. The fourth-order valence-electron chi connectivity index (χ4n) is 3.85. The Labute approximate surface area is 220 Å². The molecular formula is C25H29N5O7S. The summed E-state index contributed by atoms with van der Waals surface area (Å²) in [4.78, 5) is 42.1. The number of aliphatic carboxylic acids is 1. The number of carbonyl (C=O) groups is 3. The molecule has 2 amide bonds. The normalized spacial score (nSPS) is 16.4. The molecular weight excluding hydrogens is 514 g/mol. The summed E-state index contributed by atoms with van der Waals surface area (Å²) in [5.41, 5.74) is 1.57. The van der Waals surface area contributed by atoms with E-state index in [0.717, 1.165) is 32.8 Å². The Hall–Kier alpha value is -4.07. The lowest BCUT2D eigenvalue weighted by atomic mass is 10.0. The molecule has 0 saturated heterocycles. The summed E-state index contributed by atoms with van der Waals surface area (Å²) in [6, 6.07) is 12.5. The Morgan fingerprint density at radius 3 is 2.42 bits per heavy atom. The van der Waals surface area contributed by atoms with Crippen LogP contribution in [-0.4, -0.2) is 78.2 Å². The number of rotatable bonds is 11. The van der Waals surface area contributed by atoms with Gasteiger partial charge in [0.2, 0.25) is 0 Å². The summed E-state index contributed by atoms with van der Waals surface area (Å²) < 4.78 is 31.4. The molecule has 0 saturated carbocycles. The largest absolute Gasteiger partial charge is 0.480 e. The molecule has 0 aromatic heterocycles. The van der Waals surface area contributed by atoms with Crippen LogP contribution >= 0.6 is 0 Å². The monoisotopic (exact) mass is 543 g/mol. The van der Waals surface area contributed by atoms with Gasteiger partial charge in [-0.05, 0) is 30.8 Å². The summed E-state index contributed by atoms with van der Waals surface area (Å²) in [6.45, 7) is 1.05. The number of sulfonamides is 1. The Morgan fingerprint density at radius 1 is 1.16 bits per heavy atom. The third kappa shape index (κ3) is 7.03. The average molecular weight is 544 g/mol. The highest BCUT2D eigenvalue weighted by Gasteiger charge is 2.43. The highest BCUT2D eigenvalue weighted by atomic mass is 32.2. The molecule has 12 nitrogen and oxygen atoms in total. The number of hydrogen-bond donors (Lipinski definition) is 3. The summed E-state index contributed by atoms with van der Waals surface area (Å²) in [5, 5.41) is 18.0. The second kappa shape index (κ2) is 12.4. The molecule has 0 spiro atoms. The molecule has 38 heavy (non-hydrogen) atoms. The van der Waals surface area contributed by atoms with Gasteiger partial charge < -0.3 is 20.2 Å². The van der Waals surface area contributed by atoms with Crippen molar-refractivity contribution in [2.24, 2.45) is 0 Å². The molecule has 13 heteroatoms. The molecule has 0 fully saturated rings. The van der Waals surface area contributed by atoms with E-state index < -0.39 is 46.6 Å². The van der Waals surface area contributed by atoms with Crippen LogP contribution in [0.1, 0.15) is 17.5 Å². The zero-order valence-electron chi connectivity index (χ0n) is 20.9. The van der Waals surface area contributed by atoms with Gasteiger partial charge >= 0.3 is 12.1 Å². The fraction of sp³-hybridized carbons (Fsp3) is 0.280. The molecule has 2 aromatic carbocycles. The van der Waals surface area contributed by atoms with Crippen LogP contribution in [0.5, 0.6) is 0 Å². The number of nitrogens with one attached hydrogen (secondary N) is 2. The zero-order valence-corrected chi connectivity index (χ0v) is 21.7. The predicted molar refractivity (Wildman–Crippen MR) is 137 cm³/mol. The van der Waals surface area contributed by atoms with Crippen LogP contribution in [0.25, 0.3) is 0 Å². The van der Waals surface area contributed by atoms with E-state index >= 15 is 0 Å². The minimum atomic E-state index is -4.08. The summed E-state index contributed by atoms with van der Waals surface area (Å²) in [7, 11) is -2.72. The fourth-order valence-corrected chi connectivity index (χ4v) is 4.96. The third-order valence-corrected chi connectivity index (χ3v) is 7.20. The van der Waals surface area contributed by atoms with Gasteiger partial charge in [0.15, 0.2) is 0 Å². The number of carboxylic acid groups (broad SMARTS) is 1. The molecule has 0 bridgehead atoms. The predicted octanol–water partition coefficient (Wildman–Crippen LogP) is 1.93. The van der Waals surface area contributed by atoms with Crippen LogP contribution in [-0.2, 0) is 31.0 Å². The molecule has 202 valence electrons. The van der Waals surface area contributed by atoms with Gasteiger partial charge in [0.25, 0.3) is 15.9 Å². The maximum absolute atomic E-state index is 13.4. The second-order valence-corrected chi connectivity index (χ2v) is 10.2. The van der Waals surface area contributed by atoms with Gasteiger partial charge in [-0.2, -0.15) is 0 Å². The maximum Gasteiger partial charge on any atom is 0.415 e. The molecule has 2 aromatic rings. The van der Waals surface area contributed by atoms with Crippen LogP contribution in [0.4, 0.5) is 4.79 Å². The lowest BCUT2D eigenvalue weighted by molar-refractivity contribution is -0.146. The number of aryl methyl sites for hydroxylation is 1. The molecule has 1 aliphatic heterocycles. The quantitative estimate of drug-likeness (QED) is 0.286. The number of hydrogen-bond acceptors (Lipinski definition) is 8. The highest BCUT2D eigenvalue weighted by molar-refractivity contribution is 7.89. The van der Waals surface area contributed by atoms with Gasteiger partial charge in [-0.1, -0.05) is 48.0 Å². The first-order valence-electron chi connectivity index (χ1n) is 11.5. The van der Waals surface area contributed by atoms with Crippen LogP contribution in [0, 0.1) is 12.3 Å². The zero-order chi connectivity index (χ0) is 27.9. The first-order chi connectivity index (χ1) is 18.0. The van der Waals surface area contributed by atoms with Crippen molar-refractivity contribution in [2.45, 2.75) is 36.9 Å². The summed E-state index contributed by atoms with van der Waals surface area (Å²) >= 11 is 0. The van der Waals surface area contributed by atoms with Crippen molar-refractivity contribution in [3.05, 3.63) is 78.1 Å². The number of hydrazine groups is 1. The first kappa shape index (κ1) is 28.5. The molecule has 2 atom stereocenters. The van der Waals surface area contributed by atoms with Gasteiger partial charge in [0.1, 0.15) is 19.2 Å². The Balaban J connectivity index is 1.91. The smallest absolute Gasteiger partial charge is 0.415 e. The summed E-state index contributed by atoms with van der Waals surface area (Å²) in [5.74, 6) is -2.06. The van der Waals surface area contributed by atoms with E-state index in [1.807, 2.05) is 6.92 Å². The van der Waals surface area contributed by atoms with Crippen molar-refractivity contribution < 1.29 is 32.6 Å². The van der Waals surface area contributed by atoms with Crippen molar-refractivity contribution in [3.8, 4) is 0 Å². The number of nitrogens with zero attached hydrogens (tertiary/aromatic N) is 3. The standard InChI is InChI=1S/C25H29N5O7S/c1-18-8-10-20(11-9-18)38(35,36)27-28(2)21(12-13-26)23-24(33)29(16-22(31)32)14-15-30(23)25(34)37-17-19-6-4-3-5-7-19/h3-11,13-15,21,23,26-27H,12,16-17H2,1-2H3,(H,31,32)/t21?,23-/m0/s1. The maximum atomic E-state index is 13.4. The molecule has 1 aliphatic rings. The number of ether oxygens (including phenoxy) is 1. The van der Waals surface area contributed by atoms with Crippen molar-refractivity contribution >= 4 is 34.2 Å². The van der Waals surface area contributed by atoms with Crippen molar-refractivity contribution in [1.29, 1.82) is 5.41 Å². The lowest BCUT2D eigenvalue weighted by Crippen LogP contribution is -2.63. The topological polar surface area (TPSA) is 160 Å². The molecule has 3 rings (SSSR count). The van der Waals surface area contributed by atoms with E-state index in [1.54, 1.807) is 42.5 Å². The van der Waals surface area contributed by atoms with Gasteiger partial charge in [0.05, 0.1) is 10.9 Å². The van der Waals surface area contributed by atoms with E-state index in [1.165, 1.54) is 25.4 Å². The van der Waals surface area contributed by atoms with E-state index in [0.29, 0.717) is 5.56 Å². The summed E-state index contributed by atoms with van der Waals surface area (Å²) in [6.07, 6.45) is 2.28. The number of carbonyl (C=O) groups excluding carboxylic acids is 2. The Kier molecular flexibility index (Phi) is 9.34. The second-order valence-electron chi connectivity index (χ2n) is 8.58. The number of amides is 2. The molecule has 1 unspecified atom stereocenters. The van der Waals surface area contributed by atoms with Gasteiger partial charge in [-0.3, -0.25) is 14.5 Å². The Bertz CT molecular complexity index is 1300. The first-order valence-corrected chi connectivity index (χ1v) is 13.0. The molecule has 0 aliphatic carbocycles. The van der Waals surface area contributed by atoms with Gasteiger partial charge in [-0.25, -0.2) is 18.2 Å². The van der Waals surface area contributed by atoms with Gasteiger partial charge in [-0.15, -0.1) is 4.83 Å². The van der Waals surface area contributed by atoms with Crippen LogP contribution < -0.4 is 4.83 Å². The Morgan fingerprint density at radius 2 is 1.82 bits per heavy atom. The minimum absolute atomic E-state index is 0.0231. The lowest BCUT2D eigenvalue weighted by Gasteiger charge is -2.41. The highest BCUT2D eigenvalue weighted by Crippen LogP contribution is 2.23. The van der Waals surface area contributed by atoms with Crippen molar-refractivity contribution in [3.63, 3.8) is 0 Å². The van der Waals surface area contributed by atoms with E-state index in [-0.39, 0.29) is 17.9 Å². The van der Waals surface area contributed by atoms with E-state index in [4.69, 9.17) is 10.1 Å². The van der Waals surface area contributed by atoms with Crippen molar-refractivity contribution in [1.82, 2.24) is 19.6 Å². The minimum Gasteiger partial charge on any atom is -0.480 e. The van der Waals surface area contributed by atoms with Crippen LogP contribution in [0.2, 0.25) is 0 Å². The molecule has 1 heterocycles. The van der Waals surface area contributed by atoms with Crippen LogP contribution in [0.15, 0.2) is 71.9 Å². The van der Waals surface area contributed by atoms with Crippen molar-refractivity contribution in [2.75, 3.05) is 13.6 Å².